The zero-order valence-corrected chi connectivity index (χ0v) is 12.0. The molecule has 1 aliphatic rings. The molecule has 19 heavy (non-hydrogen) atoms. The van der Waals surface area contributed by atoms with Gasteiger partial charge < -0.3 is 19.5 Å². The fraction of sp³-hybridized carbons (Fsp3) is 0.600. The van der Waals surface area contributed by atoms with Crippen molar-refractivity contribution < 1.29 is 14.2 Å². The summed E-state index contributed by atoms with van der Waals surface area (Å²) in [6.45, 7) is 2.72. The van der Waals surface area contributed by atoms with Crippen LogP contribution in [0, 0.1) is 0 Å². The molecule has 0 spiro atoms. The van der Waals surface area contributed by atoms with E-state index in [1.54, 1.807) is 21.3 Å². The molecule has 1 fully saturated rings. The molecule has 0 unspecified atom stereocenters. The lowest BCUT2D eigenvalue weighted by Crippen LogP contribution is -2.27. The van der Waals surface area contributed by atoms with Gasteiger partial charge in [0.25, 0.3) is 0 Å². The Kier molecular flexibility index (Phi) is 5.05. The van der Waals surface area contributed by atoms with Crippen LogP contribution in [-0.4, -0.2) is 34.4 Å². The first kappa shape index (κ1) is 14.2. The van der Waals surface area contributed by atoms with E-state index in [1.807, 2.05) is 6.07 Å². The summed E-state index contributed by atoms with van der Waals surface area (Å²) in [6, 6.07) is 4.19. The zero-order chi connectivity index (χ0) is 13.7. The van der Waals surface area contributed by atoms with Gasteiger partial charge in [-0.2, -0.15) is 0 Å². The Labute approximate surface area is 115 Å². The van der Waals surface area contributed by atoms with Crippen molar-refractivity contribution in [2.45, 2.75) is 25.4 Å². The molecule has 0 amide bonds. The molecule has 0 aliphatic carbocycles. The monoisotopic (exact) mass is 265 g/mol. The summed E-state index contributed by atoms with van der Waals surface area (Å²) >= 11 is 0. The maximum Gasteiger partial charge on any atom is 0.164 e. The number of benzene rings is 1. The summed E-state index contributed by atoms with van der Waals surface area (Å²) in [6.07, 6.45) is 2.27. The van der Waals surface area contributed by atoms with Gasteiger partial charge in [-0.05, 0) is 49.5 Å². The Bertz CT molecular complexity index is 414. The molecule has 1 aromatic rings. The molecule has 1 N–H and O–H groups in total. The topological polar surface area (TPSA) is 39.7 Å². The van der Waals surface area contributed by atoms with E-state index in [0.29, 0.717) is 12.5 Å². The normalized spacial score (nSPS) is 16.4. The van der Waals surface area contributed by atoms with Gasteiger partial charge >= 0.3 is 0 Å². The Morgan fingerprint density at radius 1 is 1.11 bits per heavy atom. The number of ether oxygens (including phenoxy) is 3. The van der Waals surface area contributed by atoms with Crippen LogP contribution in [0.15, 0.2) is 12.1 Å². The zero-order valence-electron chi connectivity index (χ0n) is 12.0. The van der Waals surface area contributed by atoms with Gasteiger partial charge in [0.2, 0.25) is 0 Å². The predicted octanol–water partition coefficient (Wildman–Crippen LogP) is 2.32. The van der Waals surface area contributed by atoms with Crippen LogP contribution in [0.1, 0.15) is 29.9 Å². The fourth-order valence-electron chi connectivity index (χ4n) is 2.74. The highest BCUT2D eigenvalue weighted by molar-refractivity contribution is 5.51. The first-order valence-corrected chi connectivity index (χ1v) is 6.74. The van der Waals surface area contributed by atoms with Gasteiger partial charge in [0.05, 0.1) is 20.8 Å². The van der Waals surface area contributed by atoms with Gasteiger partial charge in [0, 0.05) is 12.7 Å². The van der Waals surface area contributed by atoms with Crippen LogP contribution in [-0.2, 0) is 11.3 Å². The summed E-state index contributed by atoms with van der Waals surface area (Å²) < 4.78 is 16.3. The highest BCUT2D eigenvalue weighted by Gasteiger charge is 2.22. The number of hydrogen-bond donors (Lipinski definition) is 1. The molecule has 106 valence electrons. The highest BCUT2D eigenvalue weighted by atomic mass is 16.5. The van der Waals surface area contributed by atoms with Crippen molar-refractivity contribution in [3.8, 4) is 11.5 Å². The van der Waals surface area contributed by atoms with Gasteiger partial charge in [0.15, 0.2) is 11.5 Å². The van der Waals surface area contributed by atoms with Crippen LogP contribution in [0.2, 0.25) is 0 Å². The molecule has 0 bridgehead atoms. The second-order valence-electron chi connectivity index (χ2n) is 4.88. The van der Waals surface area contributed by atoms with Crippen LogP contribution < -0.4 is 14.8 Å². The van der Waals surface area contributed by atoms with Crippen LogP contribution in [0.3, 0.4) is 0 Å². The molecule has 4 nitrogen and oxygen atoms in total. The number of hydrogen-bond acceptors (Lipinski definition) is 4. The molecule has 0 radical (unpaired) electrons. The standard InChI is InChI=1S/C15H23NO3/c1-17-10-11-8-13(12-4-6-16-7-5-12)15(19-3)14(9-11)18-2/h8-9,12,16H,4-7,10H2,1-3H3. The number of methoxy groups -OCH3 is 3. The van der Waals surface area contributed by atoms with E-state index in [2.05, 4.69) is 11.4 Å². The highest BCUT2D eigenvalue weighted by Crippen LogP contribution is 2.40. The molecule has 2 rings (SSSR count). The Morgan fingerprint density at radius 3 is 2.42 bits per heavy atom. The first-order chi connectivity index (χ1) is 9.30. The molecule has 0 aromatic heterocycles. The van der Waals surface area contributed by atoms with E-state index in [9.17, 15) is 0 Å². The van der Waals surface area contributed by atoms with E-state index < -0.39 is 0 Å². The van der Waals surface area contributed by atoms with Crippen molar-refractivity contribution in [1.29, 1.82) is 0 Å². The minimum absolute atomic E-state index is 0.530. The summed E-state index contributed by atoms with van der Waals surface area (Å²) in [5.74, 6) is 2.20. The summed E-state index contributed by atoms with van der Waals surface area (Å²) in [4.78, 5) is 0. The molecule has 1 aliphatic heterocycles. The molecule has 0 saturated carbocycles. The van der Waals surface area contributed by atoms with Crippen molar-refractivity contribution in [1.82, 2.24) is 5.32 Å². The van der Waals surface area contributed by atoms with Crippen molar-refractivity contribution in [2.75, 3.05) is 34.4 Å². The molecular weight excluding hydrogens is 242 g/mol. The van der Waals surface area contributed by atoms with E-state index in [4.69, 9.17) is 14.2 Å². The molecule has 1 aromatic carbocycles. The Morgan fingerprint density at radius 2 is 1.84 bits per heavy atom. The van der Waals surface area contributed by atoms with Gasteiger partial charge in [-0.25, -0.2) is 0 Å². The van der Waals surface area contributed by atoms with Crippen molar-refractivity contribution in [2.24, 2.45) is 0 Å². The van der Waals surface area contributed by atoms with E-state index in [0.717, 1.165) is 43.0 Å². The lowest BCUT2D eigenvalue weighted by molar-refractivity contribution is 0.184. The van der Waals surface area contributed by atoms with Gasteiger partial charge in [-0.3, -0.25) is 0 Å². The lowest BCUT2D eigenvalue weighted by atomic mass is 9.88. The van der Waals surface area contributed by atoms with Crippen LogP contribution >= 0.6 is 0 Å². The predicted molar refractivity (Wildman–Crippen MR) is 75.1 cm³/mol. The van der Waals surface area contributed by atoms with Gasteiger partial charge in [0.1, 0.15) is 0 Å². The third-order valence-corrected chi connectivity index (χ3v) is 3.66. The fourth-order valence-corrected chi connectivity index (χ4v) is 2.74. The maximum atomic E-state index is 5.57. The van der Waals surface area contributed by atoms with E-state index in [1.165, 1.54) is 5.56 Å². The minimum atomic E-state index is 0.530. The maximum absolute atomic E-state index is 5.57. The lowest BCUT2D eigenvalue weighted by Gasteiger charge is -2.26. The second kappa shape index (κ2) is 6.78. The van der Waals surface area contributed by atoms with Crippen molar-refractivity contribution >= 4 is 0 Å². The smallest absolute Gasteiger partial charge is 0.164 e. The Balaban J connectivity index is 2.39. The van der Waals surface area contributed by atoms with Crippen molar-refractivity contribution in [3.05, 3.63) is 23.3 Å². The van der Waals surface area contributed by atoms with E-state index in [-0.39, 0.29) is 0 Å². The average molecular weight is 265 g/mol. The molecular formula is C15H23NO3. The summed E-state index contributed by atoms with van der Waals surface area (Å²) in [5, 5.41) is 3.39. The summed E-state index contributed by atoms with van der Waals surface area (Å²) in [7, 11) is 5.10. The number of rotatable bonds is 5. The number of piperidine rings is 1. The molecule has 0 atom stereocenters. The SMILES string of the molecule is COCc1cc(OC)c(OC)c(C2CCNCC2)c1. The average Bonchev–Trinajstić information content (AvgIpc) is 2.47. The number of nitrogens with one attached hydrogen (secondary N) is 1. The van der Waals surface area contributed by atoms with Crippen LogP contribution in [0.25, 0.3) is 0 Å². The van der Waals surface area contributed by atoms with Crippen LogP contribution in [0.4, 0.5) is 0 Å². The van der Waals surface area contributed by atoms with Crippen LogP contribution in [0.5, 0.6) is 11.5 Å². The quantitative estimate of drug-likeness (QED) is 0.887. The van der Waals surface area contributed by atoms with Crippen molar-refractivity contribution in [3.63, 3.8) is 0 Å². The third-order valence-electron chi connectivity index (χ3n) is 3.66. The second-order valence-corrected chi connectivity index (χ2v) is 4.88. The molecule has 4 heteroatoms. The molecule has 1 saturated heterocycles. The Hall–Kier alpha value is -1.26. The van der Waals surface area contributed by atoms with Gasteiger partial charge in [-0.15, -0.1) is 0 Å². The minimum Gasteiger partial charge on any atom is -0.493 e. The largest absolute Gasteiger partial charge is 0.493 e. The first-order valence-electron chi connectivity index (χ1n) is 6.74. The van der Waals surface area contributed by atoms with Gasteiger partial charge in [-0.1, -0.05) is 0 Å². The third kappa shape index (κ3) is 3.19. The van der Waals surface area contributed by atoms with E-state index >= 15 is 0 Å². The summed E-state index contributed by atoms with van der Waals surface area (Å²) in [5.41, 5.74) is 2.38. The molecule has 1 heterocycles.